The minimum Gasteiger partial charge on any atom is -0.340 e. The van der Waals surface area contributed by atoms with Crippen molar-refractivity contribution in [3.05, 3.63) is 84.2 Å². The molecule has 2 amide bonds. The summed E-state index contributed by atoms with van der Waals surface area (Å²) in [6.07, 6.45) is 8.97. The lowest BCUT2D eigenvalue weighted by Crippen LogP contribution is -2.52. The summed E-state index contributed by atoms with van der Waals surface area (Å²) in [7, 11) is -3.14. The minimum absolute atomic E-state index is 0.00458. The molecule has 1 saturated heterocycles. The van der Waals surface area contributed by atoms with Crippen LogP contribution in [0, 0.1) is 11.3 Å². The van der Waals surface area contributed by atoms with E-state index in [1.165, 1.54) is 0 Å². The molecule has 43 heavy (non-hydrogen) atoms. The van der Waals surface area contributed by atoms with Crippen LogP contribution in [0.15, 0.2) is 78.7 Å². The number of hydrogen-bond donors (Lipinski definition) is 2. The molecule has 7 nitrogen and oxygen atoms in total. The van der Waals surface area contributed by atoms with E-state index < -0.39 is 15.9 Å². The van der Waals surface area contributed by atoms with E-state index in [0.29, 0.717) is 30.7 Å². The maximum atomic E-state index is 13.5. The highest BCUT2D eigenvalue weighted by molar-refractivity contribution is 7.91. The topological polar surface area (TPSA) is 95.6 Å². The molecule has 2 unspecified atom stereocenters. The number of hydrogen-bond acceptors (Lipinski definition) is 5. The molecule has 2 aliphatic carbocycles. The maximum Gasteiger partial charge on any atom is 0.251 e. The van der Waals surface area contributed by atoms with E-state index in [4.69, 9.17) is 0 Å². The quantitative estimate of drug-likeness (QED) is 0.348. The number of carbonyl (C=O) groups excluding carboxylic acids is 2. The van der Waals surface area contributed by atoms with Crippen molar-refractivity contribution in [2.45, 2.75) is 57.5 Å². The molecule has 1 heterocycles. The first-order valence-corrected chi connectivity index (χ1v) is 17.1. The van der Waals surface area contributed by atoms with Gasteiger partial charge in [0, 0.05) is 24.2 Å². The van der Waals surface area contributed by atoms with Crippen LogP contribution in [0.5, 0.6) is 0 Å². The molecule has 1 aliphatic heterocycles. The SMILES string of the molecule is CC1([C@@H]2CC2(C)NCCCC[C@H](NC(=O)c2ccc(-c3ccccc3)cc2)C(=O)N2CCS(=O)(=O)CC2)C=CC(F)=CC1. The molecule has 5 rings (SSSR count). The number of halogens is 1. The summed E-state index contributed by atoms with van der Waals surface area (Å²) < 4.78 is 37.4. The fraction of sp³-hybridized carbons (Fsp3) is 0.471. The summed E-state index contributed by atoms with van der Waals surface area (Å²) in [5, 5.41) is 6.62. The molecule has 0 aromatic heterocycles. The van der Waals surface area contributed by atoms with E-state index in [0.717, 1.165) is 30.5 Å². The lowest BCUT2D eigenvalue weighted by Gasteiger charge is -2.31. The molecule has 9 heteroatoms. The summed E-state index contributed by atoms with van der Waals surface area (Å²) in [5.41, 5.74) is 2.46. The Bertz CT molecular complexity index is 1480. The summed E-state index contributed by atoms with van der Waals surface area (Å²) in [5.74, 6) is -0.407. The molecular formula is C34H42FN3O4S. The van der Waals surface area contributed by atoms with Crippen molar-refractivity contribution >= 4 is 21.7 Å². The third-order valence-electron chi connectivity index (χ3n) is 9.36. The van der Waals surface area contributed by atoms with Crippen molar-refractivity contribution in [3.63, 3.8) is 0 Å². The molecule has 0 bridgehead atoms. The van der Waals surface area contributed by atoms with Gasteiger partial charge in [-0.15, -0.1) is 0 Å². The van der Waals surface area contributed by atoms with Gasteiger partial charge in [0.05, 0.1) is 11.5 Å². The van der Waals surface area contributed by atoms with Gasteiger partial charge in [-0.05, 0) is 92.3 Å². The van der Waals surface area contributed by atoms with Crippen molar-refractivity contribution in [3.8, 4) is 11.1 Å². The van der Waals surface area contributed by atoms with Crippen LogP contribution in [-0.4, -0.2) is 67.9 Å². The van der Waals surface area contributed by atoms with Crippen molar-refractivity contribution in [2.75, 3.05) is 31.1 Å². The van der Waals surface area contributed by atoms with Crippen molar-refractivity contribution in [2.24, 2.45) is 11.3 Å². The highest BCUT2D eigenvalue weighted by Gasteiger charge is 2.57. The van der Waals surface area contributed by atoms with Crippen LogP contribution >= 0.6 is 0 Å². The zero-order chi connectivity index (χ0) is 30.7. The van der Waals surface area contributed by atoms with Gasteiger partial charge >= 0.3 is 0 Å². The number of allylic oxidation sites excluding steroid dienone is 4. The van der Waals surface area contributed by atoms with Crippen LogP contribution < -0.4 is 10.6 Å². The van der Waals surface area contributed by atoms with E-state index >= 15 is 0 Å². The van der Waals surface area contributed by atoms with Gasteiger partial charge in [0.2, 0.25) is 5.91 Å². The van der Waals surface area contributed by atoms with Gasteiger partial charge in [-0.2, -0.15) is 0 Å². The smallest absolute Gasteiger partial charge is 0.251 e. The van der Waals surface area contributed by atoms with Crippen molar-refractivity contribution < 1.29 is 22.4 Å². The van der Waals surface area contributed by atoms with E-state index in [9.17, 15) is 22.4 Å². The molecule has 4 atom stereocenters. The van der Waals surface area contributed by atoms with Gasteiger partial charge in [0.25, 0.3) is 5.91 Å². The van der Waals surface area contributed by atoms with Crippen LogP contribution in [0.25, 0.3) is 11.1 Å². The molecule has 0 spiro atoms. The number of rotatable bonds is 11. The lowest BCUT2D eigenvalue weighted by molar-refractivity contribution is -0.133. The first-order chi connectivity index (χ1) is 20.5. The Morgan fingerprint density at radius 1 is 1.00 bits per heavy atom. The Morgan fingerprint density at radius 2 is 1.67 bits per heavy atom. The largest absolute Gasteiger partial charge is 0.340 e. The molecule has 2 aromatic carbocycles. The van der Waals surface area contributed by atoms with Gasteiger partial charge in [0.1, 0.15) is 11.9 Å². The fourth-order valence-electron chi connectivity index (χ4n) is 6.45. The zero-order valence-corrected chi connectivity index (χ0v) is 25.8. The molecule has 0 radical (unpaired) electrons. The zero-order valence-electron chi connectivity index (χ0n) is 25.0. The van der Waals surface area contributed by atoms with E-state index in [-0.39, 0.29) is 53.2 Å². The van der Waals surface area contributed by atoms with Gasteiger partial charge in [0.15, 0.2) is 9.84 Å². The maximum absolute atomic E-state index is 13.5. The predicted octanol–water partition coefficient (Wildman–Crippen LogP) is 5.07. The van der Waals surface area contributed by atoms with Crippen LogP contribution in [-0.2, 0) is 14.6 Å². The van der Waals surface area contributed by atoms with Crippen LogP contribution in [0.3, 0.4) is 0 Å². The van der Waals surface area contributed by atoms with Crippen LogP contribution in [0.1, 0.15) is 56.3 Å². The van der Waals surface area contributed by atoms with Crippen molar-refractivity contribution in [1.29, 1.82) is 0 Å². The van der Waals surface area contributed by atoms with Crippen LogP contribution in [0.4, 0.5) is 4.39 Å². The normalized spacial score (nSPS) is 26.8. The molecule has 2 aromatic rings. The van der Waals surface area contributed by atoms with Gasteiger partial charge in [-0.25, -0.2) is 12.8 Å². The van der Waals surface area contributed by atoms with Gasteiger partial charge in [-0.1, -0.05) is 55.5 Å². The number of unbranched alkanes of at least 4 members (excludes halogenated alkanes) is 1. The summed E-state index contributed by atoms with van der Waals surface area (Å²) >= 11 is 0. The molecule has 3 aliphatic rings. The molecular weight excluding hydrogens is 565 g/mol. The number of amides is 2. The molecule has 1 saturated carbocycles. The average Bonchev–Trinajstić information content (AvgIpc) is 3.70. The standard InChI is InChI=1S/C34H42FN3O4S/c1-33(17-15-28(35)16-18-33)30-24-34(30,2)36-19-7-6-10-29(32(40)38-20-22-43(41,42)23-21-38)37-31(39)27-13-11-26(12-14-27)25-8-4-3-5-9-25/h3-5,8-9,11-17,29-30,36H,6-7,10,18-24H2,1-2H3,(H,37,39)/t29-,30-,33?,34?/m0/s1. The summed E-state index contributed by atoms with van der Waals surface area (Å²) in [6, 6.07) is 16.5. The third-order valence-corrected chi connectivity index (χ3v) is 11.0. The fourth-order valence-corrected chi connectivity index (χ4v) is 7.65. The monoisotopic (exact) mass is 607 g/mol. The number of nitrogens with zero attached hydrogens (tertiary/aromatic N) is 1. The minimum atomic E-state index is -3.14. The number of benzene rings is 2. The third kappa shape index (κ3) is 7.62. The molecule has 230 valence electrons. The first kappa shape index (κ1) is 31.1. The van der Waals surface area contributed by atoms with E-state index in [1.807, 2.05) is 48.5 Å². The van der Waals surface area contributed by atoms with Gasteiger partial charge < -0.3 is 15.5 Å². The van der Waals surface area contributed by atoms with Gasteiger partial charge in [-0.3, -0.25) is 9.59 Å². The Balaban J connectivity index is 1.16. The highest BCUT2D eigenvalue weighted by atomic mass is 32.2. The van der Waals surface area contributed by atoms with E-state index in [2.05, 4.69) is 24.5 Å². The summed E-state index contributed by atoms with van der Waals surface area (Å²) in [6.45, 7) is 5.46. The highest BCUT2D eigenvalue weighted by Crippen LogP contribution is 2.57. The van der Waals surface area contributed by atoms with Crippen LogP contribution in [0.2, 0.25) is 0 Å². The average molecular weight is 608 g/mol. The predicted molar refractivity (Wildman–Crippen MR) is 168 cm³/mol. The molecule has 2 fully saturated rings. The number of nitrogens with one attached hydrogen (secondary N) is 2. The van der Waals surface area contributed by atoms with Crippen molar-refractivity contribution in [1.82, 2.24) is 15.5 Å². The second kappa shape index (κ2) is 12.7. The van der Waals surface area contributed by atoms with E-state index in [1.54, 1.807) is 29.2 Å². The Kier molecular flexibility index (Phi) is 9.23. The number of carbonyl (C=O) groups is 2. The lowest BCUT2D eigenvalue weighted by atomic mass is 9.77. The number of sulfone groups is 1. The Hall–Kier alpha value is -3.30. The Labute approximate surface area is 254 Å². The molecule has 2 N–H and O–H groups in total. The first-order valence-electron chi connectivity index (χ1n) is 15.2. The summed E-state index contributed by atoms with van der Waals surface area (Å²) in [4.78, 5) is 28.3. The Morgan fingerprint density at radius 3 is 2.33 bits per heavy atom. The second-order valence-corrected chi connectivity index (χ2v) is 15.0. The second-order valence-electron chi connectivity index (χ2n) is 12.7.